The molecular weight excluding hydrogens is 510 g/mol. The minimum absolute atomic E-state index is 0.0288. The van der Waals surface area contributed by atoms with Gasteiger partial charge in [-0.05, 0) is 12.3 Å². The van der Waals surface area contributed by atoms with E-state index in [1.165, 1.54) is 17.2 Å². The zero-order chi connectivity index (χ0) is 27.6. The lowest BCUT2D eigenvalue weighted by molar-refractivity contribution is -0.303. The standard InChI is InChI=1S/C22H35N5O11/c1-9(6-36-22-18(35)16(33)14(31)11(5-29)38-22)2-3-23-19-12-20(25-7-24-19)27(8-26-12)21-17(34)15(32)13(30)10(4-28)37-21/h7-11,13-18,21-22,28-35H,2-6H2,1H3,(H,23,24,25). The summed E-state index contributed by atoms with van der Waals surface area (Å²) in [5.41, 5.74) is 0.667. The number of hydrogen-bond acceptors (Lipinski definition) is 15. The van der Waals surface area contributed by atoms with E-state index in [-0.39, 0.29) is 12.5 Å². The molecule has 38 heavy (non-hydrogen) atoms. The van der Waals surface area contributed by atoms with Crippen LogP contribution in [0.1, 0.15) is 19.6 Å². The highest BCUT2D eigenvalue weighted by Crippen LogP contribution is 2.31. The fourth-order valence-electron chi connectivity index (χ4n) is 4.46. The van der Waals surface area contributed by atoms with E-state index in [4.69, 9.17) is 14.2 Å². The molecule has 16 heteroatoms. The summed E-state index contributed by atoms with van der Waals surface area (Å²) in [5, 5.41) is 82.3. The molecule has 0 aromatic carbocycles. The number of aliphatic hydroxyl groups is 8. The van der Waals surface area contributed by atoms with Crippen LogP contribution < -0.4 is 5.32 Å². The Morgan fingerprint density at radius 3 is 2.24 bits per heavy atom. The monoisotopic (exact) mass is 545 g/mol. The third kappa shape index (κ3) is 5.75. The highest BCUT2D eigenvalue weighted by molar-refractivity contribution is 5.82. The first-order valence-corrected chi connectivity index (χ1v) is 12.3. The van der Waals surface area contributed by atoms with E-state index in [0.29, 0.717) is 29.9 Å². The van der Waals surface area contributed by atoms with Crippen LogP contribution in [-0.2, 0) is 14.2 Å². The van der Waals surface area contributed by atoms with E-state index in [1.54, 1.807) is 0 Å². The Labute approximate surface area is 217 Å². The summed E-state index contributed by atoms with van der Waals surface area (Å²) in [6.07, 6.45) is -10.2. The largest absolute Gasteiger partial charge is 0.394 e. The van der Waals surface area contributed by atoms with E-state index in [9.17, 15) is 40.9 Å². The Morgan fingerprint density at radius 2 is 1.55 bits per heavy atom. The molecule has 2 aromatic rings. The molecule has 0 saturated carbocycles. The average Bonchev–Trinajstić information content (AvgIpc) is 3.35. The second-order valence-corrected chi connectivity index (χ2v) is 9.62. The van der Waals surface area contributed by atoms with Crippen LogP contribution in [0.4, 0.5) is 5.82 Å². The zero-order valence-corrected chi connectivity index (χ0v) is 20.6. The molecule has 0 spiro atoms. The van der Waals surface area contributed by atoms with Gasteiger partial charge in [0.25, 0.3) is 0 Å². The second kappa shape index (κ2) is 12.4. The minimum Gasteiger partial charge on any atom is -0.394 e. The normalized spacial score (nSPS) is 36.9. The third-order valence-corrected chi connectivity index (χ3v) is 6.82. The topological polar surface area (TPSA) is 245 Å². The first-order chi connectivity index (χ1) is 18.2. The number of fused-ring (bicyclic) bond motifs is 1. The summed E-state index contributed by atoms with van der Waals surface area (Å²) in [5.74, 6) is 0.374. The van der Waals surface area contributed by atoms with Crippen molar-refractivity contribution in [1.29, 1.82) is 0 Å². The zero-order valence-electron chi connectivity index (χ0n) is 20.6. The second-order valence-electron chi connectivity index (χ2n) is 9.62. The number of nitrogens with zero attached hydrogens (tertiary/aromatic N) is 4. The van der Waals surface area contributed by atoms with Crippen LogP contribution in [0.25, 0.3) is 11.2 Å². The quantitative estimate of drug-likeness (QED) is 0.138. The van der Waals surface area contributed by atoms with Crippen LogP contribution >= 0.6 is 0 Å². The predicted octanol–water partition coefficient (Wildman–Crippen LogP) is -3.95. The maximum atomic E-state index is 10.4. The SMILES string of the molecule is CC(CCNc1ncnc2c1ncn2C1OC(CO)C(O)C(O)C1O)COC1OC(CO)C(O)C(O)C1O. The Kier molecular flexibility index (Phi) is 9.43. The van der Waals surface area contributed by atoms with Gasteiger partial charge in [0.15, 0.2) is 29.5 Å². The lowest BCUT2D eigenvalue weighted by Gasteiger charge is -2.40. The molecule has 214 valence electrons. The number of rotatable bonds is 10. The number of aliphatic hydroxyl groups excluding tert-OH is 8. The Hall–Kier alpha value is -2.09. The van der Waals surface area contributed by atoms with Crippen LogP contribution in [0.2, 0.25) is 0 Å². The van der Waals surface area contributed by atoms with Crippen LogP contribution in [-0.4, -0.2) is 142 Å². The summed E-state index contributed by atoms with van der Waals surface area (Å²) in [6, 6.07) is 0. The minimum atomic E-state index is -1.55. The number of anilines is 1. The van der Waals surface area contributed by atoms with Gasteiger partial charge in [0.1, 0.15) is 55.2 Å². The van der Waals surface area contributed by atoms with Crippen molar-refractivity contribution in [3.63, 3.8) is 0 Å². The van der Waals surface area contributed by atoms with E-state index >= 15 is 0 Å². The molecule has 2 saturated heterocycles. The highest BCUT2D eigenvalue weighted by atomic mass is 16.7. The molecule has 16 nitrogen and oxygen atoms in total. The van der Waals surface area contributed by atoms with Gasteiger partial charge < -0.3 is 60.4 Å². The number of ether oxygens (including phenoxy) is 3. The van der Waals surface area contributed by atoms with Crippen molar-refractivity contribution in [2.24, 2.45) is 5.92 Å². The molecular formula is C22H35N5O11. The Morgan fingerprint density at radius 1 is 0.895 bits per heavy atom. The summed E-state index contributed by atoms with van der Waals surface area (Å²) in [4.78, 5) is 12.7. The van der Waals surface area contributed by atoms with Crippen molar-refractivity contribution in [3.05, 3.63) is 12.7 Å². The smallest absolute Gasteiger partial charge is 0.186 e. The Balaban J connectivity index is 1.34. The van der Waals surface area contributed by atoms with Gasteiger partial charge in [0.2, 0.25) is 0 Å². The van der Waals surface area contributed by atoms with Gasteiger partial charge in [0.05, 0.1) is 26.1 Å². The van der Waals surface area contributed by atoms with E-state index in [1.807, 2.05) is 6.92 Å². The van der Waals surface area contributed by atoms with Gasteiger partial charge in [-0.1, -0.05) is 6.92 Å². The molecule has 0 aliphatic carbocycles. The fourth-order valence-corrected chi connectivity index (χ4v) is 4.46. The van der Waals surface area contributed by atoms with Gasteiger partial charge in [-0.25, -0.2) is 15.0 Å². The maximum Gasteiger partial charge on any atom is 0.186 e. The van der Waals surface area contributed by atoms with Crippen molar-refractivity contribution < 1.29 is 55.1 Å². The van der Waals surface area contributed by atoms with Gasteiger partial charge in [0, 0.05) is 6.54 Å². The number of hydrogen-bond donors (Lipinski definition) is 9. The summed E-state index contributed by atoms with van der Waals surface area (Å²) in [6.45, 7) is 1.40. The summed E-state index contributed by atoms with van der Waals surface area (Å²) < 4.78 is 17.9. The lowest BCUT2D eigenvalue weighted by Crippen LogP contribution is -2.59. The predicted molar refractivity (Wildman–Crippen MR) is 126 cm³/mol. The number of aromatic nitrogens is 4. The van der Waals surface area contributed by atoms with Crippen molar-refractivity contribution >= 4 is 17.0 Å². The van der Waals surface area contributed by atoms with Crippen LogP contribution in [0, 0.1) is 5.92 Å². The summed E-state index contributed by atoms with van der Waals surface area (Å²) >= 11 is 0. The lowest BCUT2D eigenvalue weighted by atomic mass is 9.98. The number of imidazole rings is 1. The molecule has 0 bridgehead atoms. The Bertz CT molecular complexity index is 1040. The van der Waals surface area contributed by atoms with Crippen molar-refractivity contribution in [1.82, 2.24) is 19.5 Å². The molecule has 11 atom stereocenters. The third-order valence-electron chi connectivity index (χ3n) is 6.82. The molecule has 2 aliphatic rings. The van der Waals surface area contributed by atoms with Crippen molar-refractivity contribution in [2.45, 2.75) is 74.7 Å². The first-order valence-electron chi connectivity index (χ1n) is 12.3. The van der Waals surface area contributed by atoms with Gasteiger partial charge in [-0.2, -0.15) is 0 Å². The van der Waals surface area contributed by atoms with Crippen molar-refractivity contribution in [2.75, 3.05) is 31.7 Å². The molecule has 2 aliphatic heterocycles. The van der Waals surface area contributed by atoms with Gasteiger partial charge >= 0.3 is 0 Å². The molecule has 11 unspecified atom stereocenters. The number of nitrogens with one attached hydrogen (secondary N) is 1. The molecule has 4 rings (SSSR count). The highest BCUT2D eigenvalue weighted by Gasteiger charge is 2.45. The van der Waals surface area contributed by atoms with Crippen LogP contribution in [0.3, 0.4) is 0 Å². The molecule has 2 aromatic heterocycles. The molecule has 0 radical (unpaired) electrons. The molecule has 2 fully saturated rings. The van der Waals surface area contributed by atoms with Gasteiger partial charge in [-0.3, -0.25) is 4.57 Å². The van der Waals surface area contributed by atoms with E-state index < -0.39 is 74.6 Å². The fraction of sp³-hybridized carbons (Fsp3) is 0.773. The van der Waals surface area contributed by atoms with Crippen molar-refractivity contribution in [3.8, 4) is 0 Å². The van der Waals surface area contributed by atoms with E-state index in [0.717, 1.165) is 0 Å². The van der Waals surface area contributed by atoms with Crippen LogP contribution in [0.5, 0.6) is 0 Å². The summed E-state index contributed by atoms with van der Waals surface area (Å²) in [7, 11) is 0. The molecule has 9 N–H and O–H groups in total. The van der Waals surface area contributed by atoms with Gasteiger partial charge in [-0.15, -0.1) is 0 Å². The van der Waals surface area contributed by atoms with E-state index in [2.05, 4.69) is 20.3 Å². The maximum absolute atomic E-state index is 10.4. The molecule has 0 amide bonds. The van der Waals surface area contributed by atoms with Crippen LogP contribution in [0.15, 0.2) is 12.7 Å². The molecule has 4 heterocycles. The average molecular weight is 546 g/mol. The first kappa shape index (κ1) is 28.9.